The van der Waals surface area contributed by atoms with Gasteiger partial charge >= 0.3 is 0 Å². The Hall–Kier alpha value is -2.66. The first kappa shape index (κ1) is 19.6. The Morgan fingerprint density at radius 2 is 2.31 bits per heavy atom. The summed E-state index contributed by atoms with van der Waals surface area (Å²) in [5.74, 6) is 1.34. The Labute approximate surface area is 172 Å². The summed E-state index contributed by atoms with van der Waals surface area (Å²) in [5.41, 5.74) is 2.35. The molecule has 2 aliphatic heterocycles. The van der Waals surface area contributed by atoms with Crippen molar-refractivity contribution >= 4 is 12.0 Å². The molecule has 0 radical (unpaired) electrons. The van der Waals surface area contributed by atoms with E-state index in [2.05, 4.69) is 29.0 Å². The number of carbonyl (C=O) groups is 1. The molecule has 5 heteroatoms. The molecule has 0 spiro atoms. The molecule has 0 N–H and O–H groups in total. The van der Waals surface area contributed by atoms with Gasteiger partial charge in [0.15, 0.2) is 5.78 Å². The molecule has 0 bridgehead atoms. The summed E-state index contributed by atoms with van der Waals surface area (Å²) in [4.78, 5) is 20.0. The van der Waals surface area contributed by atoms with Crippen LogP contribution >= 0.6 is 0 Å². The van der Waals surface area contributed by atoms with Crippen LogP contribution in [0.2, 0.25) is 0 Å². The molecular formula is C24H28N2O3. The van der Waals surface area contributed by atoms with E-state index in [-0.39, 0.29) is 5.78 Å². The van der Waals surface area contributed by atoms with Gasteiger partial charge in [0.05, 0.1) is 26.1 Å². The number of hydrogen-bond acceptors (Lipinski definition) is 5. The van der Waals surface area contributed by atoms with Crippen molar-refractivity contribution in [3.05, 3.63) is 65.6 Å². The van der Waals surface area contributed by atoms with Gasteiger partial charge in [-0.1, -0.05) is 37.3 Å². The molecule has 4 rings (SSSR count). The summed E-state index contributed by atoms with van der Waals surface area (Å²) in [6, 6.07) is 6.15. The Morgan fingerprint density at radius 1 is 1.41 bits per heavy atom. The van der Waals surface area contributed by atoms with Crippen LogP contribution in [0.15, 0.2) is 59.5 Å². The Balaban J connectivity index is 1.55. The number of nitrogens with zero attached hydrogens (tertiary/aromatic N) is 2. The monoisotopic (exact) mass is 392 g/mol. The molecule has 0 amide bonds. The van der Waals surface area contributed by atoms with Crippen LogP contribution in [0.1, 0.15) is 30.9 Å². The molecule has 5 nitrogen and oxygen atoms in total. The zero-order valence-electron chi connectivity index (χ0n) is 17.1. The maximum atomic E-state index is 13.6. The second-order valence-electron chi connectivity index (χ2n) is 7.85. The molecule has 1 aromatic carbocycles. The molecule has 152 valence electrons. The zero-order valence-corrected chi connectivity index (χ0v) is 17.1. The summed E-state index contributed by atoms with van der Waals surface area (Å²) >= 11 is 0. The number of aliphatic imine (C=N–C) groups is 1. The van der Waals surface area contributed by atoms with E-state index in [0.29, 0.717) is 19.0 Å². The molecule has 0 saturated heterocycles. The molecule has 0 fully saturated rings. The van der Waals surface area contributed by atoms with Crippen LogP contribution in [0.4, 0.5) is 0 Å². The Kier molecular flexibility index (Phi) is 5.67. The van der Waals surface area contributed by atoms with Gasteiger partial charge in [-0.2, -0.15) is 0 Å². The summed E-state index contributed by atoms with van der Waals surface area (Å²) in [6.45, 7) is 4.02. The maximum Gasteiger partial charge on any atom is 0.223 e. The van der Waals surface area contributed by atoms with Crippen molar-refractivity contribution in [3.63, 3.8) is 0 Å². The third kappa shape index (κ3) is 3.79. The van der Waals surface area contributed by atoms with Crippen LogP contribution in [0.3, 0.4) is 0 Å². The predicted octanol–water partition coefficient (Wildman–Crippen LogP) is 3.85. The molecule has 1 aliphatic carbocycles. The number of rotatable bonds is 6. The minimum Gasteiger partial charge on any atom is -0.496 e. The first-order valence-corrected chi connectivity index (χ1v) is 10.3. The molecule has 29 heavy (non-hydrogen) atoms. The lowest BCUT2D eigenvalue weighted by Gasteiger charge is -2.36. The van der Waals surface area contributed by atoms with E-state index in [4.69, 9.17) is 9.47 Å². The third-order valence-electron chi connectivity index (χ3n) is 6.13. The van der Waals surface area contributed by atoms with Gasteiger partial charge in [0.25, 0.3) is 0 Å². The van der Waals surface area contributed by atoms with Gasteiger partial charge < -0.3 is 9.47 Å². The van der Waals surface area contributed by atoms with Gasteiger partial charge in [-0.3, -0.25) is 14.7 Å². The number of carbonyl (C=O) groups excluding carboxylic acids is 1. The second kappa shape index (κ2) is 8.37. The normalized spacial score (nSPS) is 25.9. The average molecular weight is 392 g/mol. The van der Waals surface area contributed by atoms with Crippen LogP contribution in [0.25, 0.3) is 0 Å². The van der Waals surface area contributed by atoms with Crippen LogP contribution in [0.5, 0.6) is 5.75 Å². The predicted molar refractivity (Wildman–Crippen MR) is 114 cm³/mol. The van der Waals surface area contributed by atoms with E-state index in [1.165, 1.54) is 17.4 Å². The molecule has 1 aromatic rings. The molecule has 2 atom stereocenters. The van der Waals surface area contributed by atoms with Crippen molar-refractivity contribution in [1.82, 2.24) is 4.90 Å². The number of ketones is 1. The zero-order chi connectivity index (χ0) is 20.3. The molecule has 2 unspecified atom stereocenters. The van der Waals surface area contributed by atoms with Crippen molar-refractivity contribution < 1.29 is 14.3 Å². The first-order chi connectivity index (χ1) is 14.2. The SMILES string of the molecule is CCC1C=CC=C(C2(C(=O)CN3CCc4cccc(OC)c4C3)C=NC=CO2)C1. The highest BCUT2D eigenvalue weighted by atomic mass is 16.5. The molecule has 0 aromatic heterocycles. The number of benzene rings is 1. The summed E-state index contributed by atoms with van der Waals surface area (Å²) in [5, 5.41) is 0. The topological polar surface area (TPSA) is 51.1 Å². The fourth-order valence-electron chi connectivity index (χ4n) is 4.38. The second-order valence-corrected chi connectivity index (χ2v) is 7.85. The lowest BCUT2D eigenvalue weighted by molar-refractivity contribution is -0.130. The van der Waals surface area contributed by atoms with E-state index in [9.17, 15) is 4.79 Å². The first-order valence-electron chi connectivity index (χ1n) is 10.3. The fourth-order valence-corrected chi connectivity index (χ4v) is 4.38. The fraction of sp³-hybridized carbons (Fsp3) is 0.417. The van der Waals surface area contributed by atoms with Gasteiger partial charge in [-0.25, -0.2) is 0 Å². The van der Waals surface area contributed by atoms with Crippen molar-refractivity contribution in [1.29, 1.82) is 0 Å². The minimum atomic E-state index is -1.10. The lowest BCUT2D eigenvalue weighted by atomic mass is 9.80. The number of Topliss-reactive ketones (excluding diaryl/α,β-unsaturated/α-hetero) is 1. The summed E-state index contributed by atoms with van der Waals surface area (Å²) < 4.78 is 11.5. The third-order valence-corrected chi connectivity index (χ3v) is 6.13. The largest absolute Gasteiger partial charge is 0.496 e. The minimum absolute atomic E-state index is 0.0281. The molecule has 3 aliphatic rings. The number of allylic oxidation sites excluding steroid dienone is 3. The van der Waals surface area contributed by atoms with E-state index in [1.807, 2.05) is 24.3 Å². The molecular weight excluding hydrogens is 364 g/mol. The molecule has 0 saturated carbocycles. The van der Waals surface area contributed by atoms with E-state index in [0.717, 1.165) is 37.1 Å². The van der Waals surface area contributed by atoms with Gasteiger partial charge in [0.1, 0.15) is 12.0 Å². The van der Waals surface area contributed by atoms with E-state index in [1.54, 1.807) is 19.5 Å². The van der Waals surface area contributed by atoms with Gasteiger partial charge in [0.2, 0.25) is 5.60 Å². The highest BCUT2D eigenvalue weighted by Crippen LogP contribution is 2.34. The number of hydrogen-bond donors (Lipinski definition) is 0. The van der Waals surface area contributed by atoms with Crippen molar-refractivity contribution in [2.45, 2.75) is 38.3 Å². The maximum absolute atomic E-state index is 13.6. The lowest BCUT2D eigenvalue weighted by Crippen LogP contribution is -2.51. The highest BCUT2D eigenvalue weighted by Gasteiger charge is 2.44. The quantitative estimate of drug-likeness (QED) is 0.738. The van der Waals surface area contributed by atoms with E-state index >= 15 is 0 Å². The van der Waals surface area contributed by atoms with Crippen LogP contribution < -0.4 is 4.74 Å². The van der Waals surface area contributed by atoms with Crippen molar-refractivity contribution in [3.8, 4) is 5.75 Å². The van der Waals surface area contributed by atoms with Crippen LogP contribution in [-0.2, 0) is 22.5 Å². The van der Waals surface area contributed by atoms with Crippen LogP contribution in [0, 0.1) is 5.92 Å². The van der Waals surface area contributed by atoms with Crippen LogP contribution in [-0.4, -0.2) is 42.7 Å². The standard InChI is InChI=1S/C24H28N2O3/c1-3-18-6-4-8-20(14-18)24(17-25-11-13-29-24)23(27)16-26-12-10-19-7-5-9-22(28-2)21(19)15-26/h4-9,11,13,17-18H,3,10,12,14-16H2,1-2H3. The average Bonchev–Trinajstić information content (AvgIpc) is 2.79. The van der Waals surface area contributed by atoms with Crippen molar-refractivity contribution in [2.75, 3.05) is 20.2 Å². The number of ether oxygens (including phenoxy) is 2. The summed E-state index contributed by atoms with van der Waals surface area (Å²) in [7, 11) is 1.70. The number of methoxy groups -OCH3 is 1. The van der Waals surface area contributed by atoms with Gasteiger partial charge in [-0.05, 0) is 42.4 Å². The van der Waals surface area contributed by atoms with Crippen molar-refractivity contribution in [2.24, 2.45) is 10.9 Å². The Bertz CT molecular complexity index is 885. The van der Waals surface area contributed by atoms with Gasteiger partial charge in [0, 0.05) is 18.7 Å². The highest BCUT2D eigenvalue weighted by molar-refractivity contribution is 6.08. The number of fused-ring (bicyclic) bond motifs is 1. The Morgan fingerprint density at radius 3 is 3.07 bits per heavy atom. The smallest absolute Gasteiger partial charge is 0.223 e. The van der Waals surface area contributed by atoms with E-state index < -0.39 is 5.60 Å². The summed E-state index contributed by atoms with van der Waals surface area (Å²) in [6.07, 6.45) is 13.8. The van der Waals surface area contributed by atoms with Gasteiger partial charge in [-0.15, -0.1) is 0 Å². The molecule has 2 heterocycles.